The van der Waals surface area contributed by atoms with Crippen LogP contribution < -0.4 is 10.6 Å². The first-order valence-corrected chi connectivity index (χ1v) is 12.2. The van der Waals surface area contributed by atoms with Gasteiger partial charge in [-0.1, -0.05) is 13.0 Å². The molecule has 162 valence electrons. The molecule has 0 amide bonds. The molecule has 29 heavy (non-hydrogen) atoms. The molecule has 0 aliphatic carbocycles. The molecule has 0 bridgehead atoms. The van der Waals surface area contributed by atoms with Crippen molar-refractivity contribution in [2.45, 2.75) is 46.1 Å². The summed E-state index contributed by atoms with van der Waals surface area (Å²) in [5.74, 6) is 1.64. The van der Waals surface area contributed by atoms with Crippen molar-refractivity contribution in [1.29, 1.82) is 0 Å². The van der Waals surface area contributed by atoms with Crippen molar-refractivity contribution in [3.05, 3.63) is 38.5 Å². The Hall–Kier alpha value is -0.710. The van der Waals surface area contributed by atoms with Crippen LogP contribution in [0.15, 0.2) is 27.9 Å². The van der Waals surface area contributed by atoms with Gasteiger partial charge in [-0.15, -0.1) is 46.7 Å². The number of nitrogens with one attached hydrogen (secondary N) is 2. The number of aryl methyl sites for hydroxylation is 1. The van der Waals surface area contributed by atoms with E-state index in [-0.39, 0.29) is 24.0 Å². The molecule has 1 saturated heterocycles. The molecular weight excluding hydrogens is 513 g/mol. The summed E-state index contributed by atoms with van der Waals surface area (Å²) in [6.45, 7) is 10.3. The molecule has 1 fully saturated rings. The predicted molar refractivity (Wildman–Crippen MR) is 137 cm³/mol. The van der Waals surface area contributed by atoms with E-state index in [0.717, 1.165) is 58.1 Å². The van der Waals surface area contributed by atoms with E-state index >= 15 is 0 Å². The van der Waals surface area contributed by atoms with Crippen LogP contribution in [0, 0.1) is 5.92 Å². The van der Waals surface area contributed by atoms with Crippen molar-refractivity contribution in [1.82, 2.24) is 20.5 Å². The summed E-state index contributed by atoms with van der Waals surface area (Å²) in [6, 6.07) is 4.31. The van der Waals surface area contributed by atoms with E-state index in [2.05, 4.69) is 52.3 Å². The summed E-state index contributed by atoms with van der Waals surface area (Å²) in [4.78, 5) is 13.5. The molecule has 2 aromatic rings. The first-order valence-electron chi connectivity index (χ1n) is 10.5. The zero-order valence-electron chi connectivity index (χ0n) is 17.5. The maximum Gasteiger partial charge on any atom is 0.191 e. The van der Waals surface area contributed by atoms with E-state index in [1.54, 1.807) is 11.3 Å². The van der Waals surface area contributed by atoms with Crippen LogP contribution in [0.3, 0.4) is 0 Å². The second-order valence-corrected chi connectivity index (χ2v) is 9.26. The van der Waals surface area contributed by atoms with Crippen LogP contribution in [0.1, 0.15) is 42.3 Å². The summed E-state index contributed by atoms with van der Waals surface area (Å²) in [6.07, 6.45) is 4.54. The maximum absolute atomic E-state index is 4.85. The maximum atomic E-state index is 4.85. The van der Waals surface area contributed by atoms with Crippen LogP contribution in [0.2, 0.25) is 0 Å². The lowest BCUT2D eigenvalue weighted by Gasteiger charge is -2.30. The zero-order valence-corrected chi connectivity index (χ0v) is 21.5. The second-order valence-electron chi connectivity index (χ2n) is 7.28. The fourth-order valence-corrected chi connectivity index (χ4v) is 4.91. The molecule has 8 heteroatoms. The number of piperidine rings is 1. The number of halogens is 1. The summed E-state index contributed by atoms with van der Waals surface area (Å²) in [5, 5.41) is 12.5. The molecule has 0 aromatic carbocycles. The lowest BCUT2D eigenvalue weighted by atomic mass is 9.97. The van der Waals surface area contributed by atoms with Gasteiger partial charge in [-0.05, 0) is 63.1 Å². The lowest BCUT2D eigenvalue weighted by molar-refractivity contribution is 0.179. The molecule has 0 spiro atoms. The Labute approximate surface area is 200 Å². The number of aliphatic imine (C=N–C) groups is 1. The second kappa shape index (κ2) is 13.6. The smallest absolute Gasteiger partial charge is 0.191 e. The average molecular weight is 548 g/mol. The van der Waals surface area contributed by atoms with Crippen molar-refractivity contribution in [3.63, 3.8) is 0 Å². The highest BCUT2D eigenvalue weighted by atomic mass is 127. The van der Waals surface area contributed by atoms with Crippen molar-refractivity contribution in [2.24, 2.45) is 10.9 Å². The molecule has 0 radical (unpaired) electrons. The normalized spacial score (nSPS) is 15.9. The number of hydrogen-bond donors (Lipinski definition) is 2. The van der Waals surface area contributed by atoms with Gasteiger partial charge in [0, 0.05) is 36.4 Å². The Morgan fingerprint density at radius 2 is 2.07 bits per heavy atom. The van der Waals surface area contributed by atoms with Crippen LogP contribution in [-0.4, -0.2) is 48.6 Å². The Morgan fingerprint density at radius 3 is 2.72 bits per heavy atom. The van der Waals surface area contributed by atoms with E-state index in [4.69, 9.17) is 9.98 Å². The summed E-state index contributed by atoms with van der Waals surface area (Å²) in [5.41, 5.74) is 1.24. The van der Waals surface area contributed by atoms with Crippen LogP contribution in [-0.2, 0) is 19.4 Å². The summed E-state index contributed by atoms with van der Waals surface area (Å²) >= 11 is 3.61. The lowest BCUT2D eigenvalue weighted by Crippen LogP contribution is -2.39. The number of guanidine groups is 1. The molecule has 1 aliphatic heterocycles. The number of thiazole rings is 1. The Bertz CT molecular complexity index is 708. The van der Waals surface area contributed by atoms with Gasteiger partial charge in [-0.2, -0.15) is 0 Å². The van der Waals surface area contributed by atoms with E-state index in [1.165, 1.54) is 28.4 Å². The number of nitrogens with zero attached hydrogens (tertiary/aromatic N) is 3. The third-order valence-electron chi connectivity index (χ3n) is 5.09. The van der Waals surface area contributed by atoms with Crippen molar-refractivity contribution in [3.8, 4) is 0 Å². The monoisotopic (exact) mass is 547 g/mol. The van der Waals surface area contributed by atoms with Gasteiger partial charge in [-0.3, -0.25) is 9.89 Å². The van der Waals surface area contributed by atoms with Gasteiger partial charge in [0.15, 0.2) is 5.96 Å². The van der Waals surface area contributed by atoms with Gasteiger partial charge in [0.05, 0.1) is 10.7 Å². The molecule has 3 heterocycles. The zero-order chi connectivity index (χ0) is 19.6. The van der Waals surface area contributed by atoms with Gasteiger partial charge in [0.1, 0.15) is 0 Å². The molecule has 2 N–H and O–H groups in total. The molecule has 3 rings (SSSR count). The number of likely N-dealkylation sites (tertiary alicyclic amines) is 1. The molecule has 0 atom stereocenters. The quantitative estimate of drug-likeness (QED) is 0.278. The summed E-state index contributed by atoms with van der Waals surface area (Å²) < 4.78 is 0. The minimum atomic E-state index is 0. The molecule has 5 nitrogen and oxygen atoms in total. The van der Waals surface area contributed by atoms with Gasteiger partial charge in [-0.25, -0.2) is 4.98 Å². The highest BCUT2D eigenvalue weighted by Crippen LogP contribution is 2.20. The van der Waals surface area contributed by atoms with E-state index in [1.807, 2.05) is 11.3 Å². The Morgan fingerprint density at radius 1 is 1.24 bits per heavy atom. The van der Waals surface area contributed by atoms with Gasteiger partial charge < -0.3 is 10.6 Å². The molecule has 0 saturated carbocycles. The fraction of sp³-hybridized carbons (Fsp3) is 0.619. The molecule has 1 aliphatic rings. The van der Waals surface area contributed by atoms with E-state index in [9.17, 15) is 0 Å². The van der Waals surface area contributed by atoms with E-state index in [0.29, 0.717) is 5.92 Å². The van der Waals surface area contributed by atoms with Crippen LogP contribution >= 0.6 is 46.7 Å². The van der Waals surface area contributed by atoms with Crippen molar-refractivity contribution < 1.29 is 0 Å². The van der Waals surface area contributed by atoms with Crippen molar-refractivity contribution >= 4 is 52.6 Å². The highest BCUT2D eigenvalue weighted by Gasteiger charge is 2.20. The number of hydrogen-bond acceptors (Lipinski definition) is 5. The third-order valence-corrected chi connectivity index (χ3v) is 7.07. The van der Waals surface area contributed by atoms with Gasteiger partial charge in [0.25, 0.3) is 0 Å². The number of thiophene rings is 1. The Balaban J connectivity index is 0.00000300. The Kier molecular flexibility index (Phi) is 11.5. The minimum absolute atomic E-state index is 0. The molecular formula is C21H34IN5S2. The minimum Gasteiger partial charge on any atom is -0.357 e. The van der Waals surface area contributed by atoms with Crippen LogP contribution in [0.25, 0.3) is 0 Å². The van der Waals surface area contributed by atoms with Crippen LogP contribution in [0.5, 0.6) is 0 Å². The number of rotatable bonds is 9. The third kappa shape index (κ3) is 8.51. The van der Waals surface area contributed by atoms with Gasteiger partial charge >= 0.3 is 0 Å². The topological polar surface area (TPSA) is 52.6 Å². The SMILES string of the molecule is CCNC(=NCC1CCN(Cc2csc(CC)n2)CC1)NCCc1cccs1.I. The predicted octanol–water partition coefficient (Wildman–Crippen LogP) is 4.39. The summed E-state index contributed by atoms with van der Waals surface area (Å²) in [7, 11) is 0. The van der Waals surface area contributed by atoms with Gasteiger partial charge in [0.2, 0.25) is 0 Å². The number of aromatic nitrogens is 1. The van der Waals surface area contributed by atoms with Crippen molar-refractivity contribution in [2.75, 3.05) is 32.7 Å². The largest absolute Gasteiger partial charge is 0.357 e. The first-order chi connectivity index (χ1) is 13.8. The standard InChI is InChI=1S/C21H33N5S2.HI/c1-3-20-25-18(16-28-20)15-26-11-8-17(9-12-26)14-24-21(22-4-2)23-10-7-19-6-5-13-27-19;/h5-6,13,16-17H,3-4,7-12,14-15H2,1-2H3,(H2,22,23,24);1H. The fourth-order valence-electron chi connectivity index (χ4n) is 3.46. The van der Waals surface area contributed by atoms with E-state index < -0.39 is 0 Å². The van der Waals surface area contributed by atoms with Crippen LogP contribution in [0.4, 0.5) is 0 Å². The highest BCUT2D eigenvalue weighted by molar-refractivity contribution is 14.0. The first kappa shape index (κ1) is 24.6. The molecule has 0 unspecified atom stereocenters. The molecule has 2 aromatic heterocycles. The average Bonchev–Trinajstić information content (AvgIpc) is 3.39.